The van der Waals surface area contributed by atoms with E-state index in [4.69, 9.17) is 0 Å². The van der Waals surface area contributed by atoms with Gasteiger partial charge in [0.1, 0.15) is 0 Å². The number of nitrogens with zero attached hydrogens (tertiary/aromatic N) is 2. The molecule has 0 aliphatic carbocycles. The highest BCUT2D eigenvalue weighted by Crippen LogP contribution is 1.91. The molecule has 0 saturated carbocycles. The highest BCUT2D eigenvalue weighted by Gasteiger charge is 2.00. The van der Waals surface area contributed by atoms with Gasteiger partial charge in [0.05, 0.1) is 0 Å². The zero-order valence-corrected chi connectivity index (χ0v) is 6.02. The van der Waals surface area contributed by atoms with Crippen LogP contribution in [0.5, 0.6) is 0 Å². The van der Waals surface area contributed by atoms with E-state index in [2.05, 4.69) is 0 Å². The predicted octanol–water partition coefficient (Wildman–Crippen LogP) is 0.486. The van der Waals surface area contributed by atoms with Crippen LogP contribution in [-0.4, -0.2) is 22.9 Å². The van der Waals surface area contributed by atoms with Gasteiger partial charge in [0, 0.05) is 9.85 Å². The molecule has 0 spiro atoms. The van der Waals surface area contributed by atoms with Crippen LogP contribution in [0.4, 0.5) is 0 Å². The lowest BCUT2D eigenvalue weighted by Gasteiger charge is -1.90. The summed E-state index contributed by atoms with van der Waals surface area (Å²) in [6, 6.07) is 0. The fraction of sp³-hybridized carbons (Fsp3) is 0.600. The first kappa shape index (κ1) is 9.54. The Morgan fingerprint density at radius 2 is 1.91 bits per heavy atom. The third-order valence-corrected chi connectivity index (χ3v) is 0.967. The van der Waals surface area contributed by atoms with E-state index in [9.17, 15) is 20.2 Å². The van der Waals surface area contributed by atoms with Crippen molar-refractivity contribution in [3.05, 3.63) is 31.9 Å². The lowest BCUT2D eigenvalue weighted by molar-refractivity contribution is -0.474. The van der Waals surface area contributed by atoms with Crippen LogP contribution in [0.1, 0.15) is 6.92 Å². The average molecular weight is 160 g/mol. The van der Waals surface area contributed by atoms with Crippen LogP contribution in [0, 0.1) is 20.2 Å². The number of hydrogen-bond acceptors (Lipinski definition) is 4. The summed E-state index contributed by atoms with van der Waals surface area (Å²) in [7, 11) is 0. The normalized spacial score (nSPS) is 11.2. The first-order valence-electron chi connectivity index (χ1n) is 2.91. The second kappa shape index (κ2) is 4.37. The summed E-state index contributed by atoms with van der Waals surface area (Å²) in [4.78, 5) is 18.6. The summed E-state index contributed by atoms with van der Waals surface area (Å²) in [5.41, 5.74) is 0.409. The minimum atomic E-state index is -0.538. The molecule has 0 atom stereocenters. The van der Waals surface area contributed by atoms with E-state index in [1.165, 1.54) is 13.0 Å². The fourth-order valence-electron chi connectivity index (χ4n) is 0.499. The number of hydrogen-bond donors (Lipinski definition) is 0. The quantitative estimate of drug-likeness (QED) is 0.340. The van der Waals surface area contributed by atoms with Crippen LogP contribution in [0.2, 0.25) is 0 Å². The molecule has 0 radical (unpaired) electrons. The molecule has 0 rings (SSSR count). The molecule has 0 aliphatic heterocycles. The largest absolute Gasteiger partial charge is 0.264 e. The van der Waals surface area contributed by atoms with Gasteiger partial charge in [-0.05, 0) is 18.6 Å². The minimum Gasteiger partial charge on any atom is -0.264 e. The van der Waals surface area contributed by atoms with Gasteiger partial charge in [0.2, 0.25) is 13.1 Å². The van der Waals surface area contributed by atoms with Crippen molar-refractivity contribution in [1.29, 1.82) is 0 Å². The second-order valence-electron chi connectivity index (χ2n) is 2.06. The highest BCUT2D eigenvalue weighted by atomic mass is 16.6. The van der Waals surface area contributed by atoms with E-state index in [1.54, 1.807) is 0 Å². The number of rotatable bonds is 4. The SMILES string of the molecule is C/C(=C\C[N+](=O)[O-])C[N+](=O)[O-]. The van der Waals surface area contributed by atoms with E-state index >= 15 is 0 Å². The van der Waals surface area contributed by atoms with Gasteiger partial charge >= 0.3 is 0 Å². The van der Waals surface area contributed by atoms with E-state index in [0.29, 0.717) is 5.57 Å². The Hall–Kier alpha value is -1.46. The second-order valence-corrected chi connectivity index (χ2v) is 2.06. The molecule has 0 aromatic heterocycles. The van der Waals surface area contributed by atoms with Crippen molar-refractivity contribution in [2.45, 2.75) is 6.92 Å². The summed E-state index contributed by atoms with van der Waals surface area (Å²) in [5, 5.41) is 19.6. The van der Waals surface area contributed by atoms with Gasteiger partial charge in [-0.3, -0.25) is 20.2 Å². The standard InChI is InChI=1S/C5H8N2O4/c1-5(4-7(10)11)2-3-6(8)9/h2H,3-4H2,1H3/b5-2+. The molecular weight excluding hydrogens is 152 g/mol. The molecule has 0 amide bonds. The number of nitro groups is 2. The zero-order chi connectivity index (χ0) is 8.85. The lowest BCUT2D eigenvalue weighted by atomic mass is 10.3. The van der Waals surface area contributed by atoms with Crippen molar-refractivity contribution in [2.24, 2.45) is 0 Å². The third kappa shape index (κ3) is 6.42. The Morgan fingerprint density at radius 1 is 1.36 bits per heavy atom. The Labute approximate surface area is 62.8 Å². The van der Waals surface area contributed by atoms with E-state index in [-0.39, 0.29) is 13.1 Å². The molecular formula is C5H8N2O4. The summed E-state index contributed by atoms with van der Waals surface area (Å²) in [6.07, 6.45) is 1.24. The van der Waals surface area contributed by atoms with Crippen LogP contribution in [-0.2, 0) is 0 Å². The Morgan fingerprint density at radius 3 is 2.27 bits per heavy atom. The molecule has 0 aliphatic rings. The lowest BCUT2D eigenvalue weighted by Crippen LogP contribution is -2.04. The van der Waals surface area contributed by atoms with E-state index in [0.717, 1.165) is 0 Å². The molecule has 0 N–H and O–H groups in total. The molecule has 0 aromatic rings. The van der Waals surface area contributed by atoms with Gasteiger partial charge < -0.3 is 0 Å². The molecule has 0 aromatic carbocycles. The van der Waals surface area contributed by atoms with E-state index < -0.39 is 9.85 Å². The smallest absolute Gasteiger partial charge is 0.224 e. The molecule has 0 saturated heterocycles. The van der Waals surface area contributed by atoms with Gasteiger partial charge in [0.25, 0.3) is 0 Å². The maximum Gasteiger partial charge on any atom is 0.224 e. The molecule has 0 unspecified atom stereocenters. The third-order valence-electron chi connectivity index (χ3n) is 0.967. The van der Waals surface area contributed by atoms with E-state index in [1.807, 2.05) is 0 Å². The Bertz CT molecular complexity index is 199. The van der Waals surface area contributed by atoms with Crippen LogP contribution in [0.25, 0.3) is 0 Å². The van der Waals surface area contributed by atoms with Gasteiger partial charge in [-0.1, -0.05) is 0 Å². The summed E-state index contributed by atoms with van der Waals surface area (Å²) in [5.74, 6) is 0. The Kier molecular flexibility index (Phi) is 3.79. The van der Waals surface area contributed by atoms with Crippen LogP contribution in [0.15, 0.2) is 11.6 Å². The van der Waals surface area contributed by atoms with Crippen LogP contribution >= 0.6 is 0 Å². The van der Waals surface area contributed by atoms with Crippen molar-refractivity contribution in [2.75, 3.05) is 13.1 Å². The summed E-state index contributed by atoms with van der Waals surface area (Å²) in [6.45, 7) is 0.819. The molecule has 0 fully saturated rings. The fourth-order valence-corrected chi connectivity index (χ4v) is 0.499. The van der Waals surface area contributed by atoms with Gasteiger partial charge in [-0.25, -0.2) is 0 Å². The van der Waals surface area contributed by atoms with Crippen molar-refractivity contribution in [3.8, 4) is 0 Å². The first-order valence-corrected chi connectivity index (χ1v) is 2.91. The summed E-state index contributed by atoms with van der Waals surface area (Å²) < 4.78 is 0. The molecule has 6 nitrogen and oxygen atoms in total. The molecule has 11 heavy (non-hydrogen) atoms. The minimum absolute atomic E-state index is 0.326. The highest BCUT2D eigenvalue weighted by molar-refractivity contribution is 4.97. The van der Waals surface area contributed by atoms with Crippen molar-refractivity contribution in [1.82, 2.24) is 0 Å². The maximum absolute atomic E-state index is 9.85. The first-order chi connectivity index (χ1) is 5.02. The predicted molar refractivity (Wildman–Crippen MR) is 37.5 cm³/mol. The van der Waals surface area contributed by atoms with Crippen LogP contribution in [0.3, 0.4) is 0 Å². The van der Waals surface area contributed by atoms with Gasteiger partial charge in [0.15, 0.2) is 0 Å². The van der Waals surface area contributed by atoms with Crippen molar-refractivity contribution in [3.63, 3.8) is 0 Å². The molecule has 6 heteroatoms. The zero-order valence-electron chi connectivity index (χ0n) is 6.02. The van der Waals surface area contributed by atoms with Crippen molar-refractivity contribution < 1.29 is 9.85 Å². The monoisotopic (exact) mass is 160 g/mol. The Balaban J connectivity index is 3.81. The van der Waals surface area contributed by atoms with Crippen molar-refractivity contribution >= 4 is 0 Å². The topological polar surface area (TPSA) is 86.3 Å². The van der Waals surface area contributed by atoms with Gasteiger partial charge in [-0.2, -0.15) is 0 Å². The molecule has 62 valence electrons. The molecule has 0 bridgehead atoms. The maximum atomic E-state index is 9.85. The van der Waals surface area contributed by atoms with Crippen LogP contribution < -0.4 is 0 Å². The summed E-state index contributed by atoms with van der Waals surface area (Å²) >= 11 is 0. The van der Waals surface area contributed by atoms with Gasteiger partial charge in [-0.15, -0.1) is 0 Å². The molecule has 0 heterocycles. The average Bonchev–Trinajstić information content (AvgIpc) is 1.82.